The highest BCUT2D eigenvalue weighted by molar-refractivity contribution is 9.10. The van der Waals surface area contributed by atoms with Crippen LogP contribution >= 0.6 is 27.5 Å². The summed E-state index contributed by atoms with van der Waals surface area (Å²) in [4.78, 5) is 20.5. The average Bonchev–Trinajstić information content (AvgIpc) is 2.69. The van der Waals surface area contributed by atoms with Crippen LogP contribution in [-0.4, -0.2) is 23.0 Å². The van der Waals surface area contributed by atoms with Crippen LogP contribution in [0.15, 0.2) is 53.3 Å². The van der Waals surface area contributed by atoms with Gasteiger partial charge in [0.05, 0.1) is 18.4 Å². The Balaban J connectivity index is 1.77. The minimum Gasteiger partial charge on any atom is -0.495 e. The summed E-state index contributed by atoms with van der Waals surface area (Å²) in [5.41, 5.74) is 12.7. The topological polar surface area (TPSA) is 114 Å². The lowest BCUT2D eigenvalue weighted by Gasteiger charge is -2.15. The molecule has 1 heterocycles. The van der Waals surface area contributed by atoms with Crippen LogP contribution in [0.3, 0.4) is 0 Å². The Morgan fingerprint density at radius 2 is 1.93 bits per heavy atom. The zero-order valence-electron chi connectivity index (χ0n) is 14.7. The quantitative estimate of drug-likeness (QED) is 0.409. The van der Waals surface area contributed by atoms with E-state index in [4.69, 9.17) is 22.1 Å². The number of ether oxygens (including phenoxy) is 1. The second-order valence-corrected chi connectivity index (χ2v) is 6.80. The SMILES string of the molecule is COc1ccc(Cl)cc1Nc1ncnc(NNC(=O)c2ccccc2Br)c1N. The van der Waals surface area contributed by atoms with Crippen molar-refractivity contribution in [3.05, 3.63) is 63.9 Å². The Bertz CT molecular complexity index is 1020. The van der Waals surface area contributed by atoms with Gasteiger partial charge in [0.25, 0.3) is 5.91 Å². The molecule has 144 valence electrons. The van der Waals surface area contributed by atoms with Crippen LogP contribution in [0.1, 0.15) is 10.4 Å². The van der Waals surface area contributed by atoms with Crippen LogP contribution in [0.2, 0.25) is 5.02 Å². The zero-order chi connectivity index (χ0) is 20.1. The number of amides is 1. The van der Waals surface area contributed by atoms with Crippen molar-refractivity contribution in [1.82, 2.24) is 15.4 Å². The summed E-state index contributed by atoms with van der Waals surface area (Å²) in [6.45, 7) is 0. The summed E-state index contributed by atoms with van der Waals surface area (Å²) < 4.78 is 5.97. The van der Waals surface area contributed by atoms with E-state index in [1.54, 1.807) is 43.5 Å². The van der Waals surface area contributed by atoms with E-state index < -0.39 is 0 Å². The van der Waals surface area contributed by atoms with E-state index in [0.29, 0.717) is 32.3 Å². The van der Waals surface area contributed by atoms with Crippen LogP contribution in [-0.2, 0) is 0 Å². The van der Waals surface area contributed by atoms with Gasteiger partial charge in [-0.3, -0.25) is 15.6 Å². The molecule has 0 aliphatic carbocycles. The molecule has 0 aliphatic heterocycles. The number of nitrogens with zero attached hydrogens (tertiary/aromatic N) is 2. The van der Waals surface area contributed by atoms with Gasteiger partial charge in [-0.15, -0.1) is 0 Å². The maximum Gasteiger partial charge on any atom is 0.270 e. The van der Waals surface area contributed by atoms with Gasteiger partial charge in [-0.05, 0) is 46.3 Å². The number of benzene rings is 2. The number of methoxy groups -OCH3 is 1. The molecule has 0 saturated carbocycles. The van der Waals surface area contributed by atoms with Crippen molar-refractivity contribution in [2.75, 3.05) is 23.6 Å². The zero-order valence-corrected chi connectivity index (χ0v) is 17.0. The average molecular weight is 464 g/mol. The molecule has 10 heteroatoms. The van der Waals surface area contributed by atoms with E-state index >= 15 is 0 Å². The number of nitrogen functional groups attached to an aromatic ring is 1. The molecule has 5 N–H and O–H groups in total. The van der Waals surface area contributed by atoms with Crippen molar-refractivity contribution >= 4 is 56.4 Å². The highest BCUT2D eigenvalue weighted by Crippen LogP contribution is 2.32. The number of anilines is 4. The molecule has 0 fully saturated rings. The molecule has 0 bridgehead atoms. The minimum absolute atomic E-state index is 0.206. The summed E-state index contributed by atoms with van der Waals surface area (Å²) in [5.74, 6) is 0.780. The second-order valence-electron chi connectivity index (χ2n) is 5.51. The monoisotopic (exact) mass is 462 g/mol. The van der Waals surface area contributed by atoms with Crippen molar-refractivity contribution in [1.29, 1.82) is 0 Å². The third-order valence-electron chi connectivity index (χ3n) is 3.71. The number of carbonyl (C=O) groups is 1. The lowest BCUT2D eigenvalue weighted by Crippen LogP contribution is -2.30. The third kappa shape index (κ3) is 4.44. The second kappa shape index (κ2) is 8.77. The Labute approximate surface area is 174 Å². The Kier molecular flexibility index (Phi) is 6.17. The molecule has 28 heavy (non-hydrogen) atoms. The van der Waals surface area contributed by atoms with Gasteiger partial charge in [-0.2, -0.15) is 0 Å². The van der Waals surface area contributed by atoms with Gasteiger partial charge < -0.3 is 15.8 Å². The molecule has 1 amide bonds. The summed E-state index contributed by atoms with van der Waals surface area (Å²) in [6, 6.07) is 12.1. The maximum atomic E-state index is 12.3. The standard InChI is InChI=1S/C18H16BrClN6O2/c1-28-14-7-6-10(20)8-13(14)24-16-15(21)17(23-9-22-16)25-26-18(27)11-4-2-3-5-12(11)19/h2-9H,21H2,1H3,(H,26,27)(H2,22,23,24,25). The van der Waals surface area contributed by atoms with E-state index in [0.717, 1.165) is 0 Å². The first-order chi connectivity index (χ1) is 13.5. The largest absolute Gasteiger partial charge is 0.495 e. The first-order valence-corrected chi connectivity index (χ1v) is 9.18. The molecule has 1 aromatic heterocycles. The molecule has 2 aromatic carbocycles. The van der Waals surface area contributed by atoms with Gasteiger partial charge in [0.2, 0.25) is 0 Å². The number of hydrogen-bond donors (Lipinski definition) is 4. The van der Waals surface area contributed by atoms with E-state index in [2.05, 4.69) is 42.1 Å². The van der Waals surface area contributed by atoms with Crippen molar-refractivity contribution < 1.29 is 9.53 Å². The van der Waals surface area contributed by atoms with Crippen molar-refractivity contribution in [2.24, 2.45) is 0 Å². The molecule has 0 saturated heterocycles. The van der Waals surface area contributed by atoms with Gasteiger partial charge >= 0.3 is 0 Å². The van der Waals surface area contributed by atoms with E-state index in [1.165, 1.54) is 6.33 Å². The maximum absolute atomic E-state index is 12.3. The van der Waals surface area contributed by atoms with Crippen molar-refractivity contribution in [2.45, 2.75) is 0 Å². The van der Waals surface area contributed by atoms with Crippen molar-refractivity contribution in [3.63, 3.8) is 0 Å². The predicted octanol–water partition coefficient (Wildman–Crippen LogP) is 3.98. The number of nitrogens with one attached hydrogen (secondary N) is 3. The van der Waals surface area contributed by atoms with Crippen LogP contribution in [0.5, 0.6) is 5.75 Å². The fourth-order valence-corrected chi connectivity index (χ4v) is 2.97. The highest BCUT2D eigenvalue weighted by Gasteiger charge is 2.13. The normalized spacial score (nSPS) is 10.2. The minimum atomic E-state index is -0.350. The number of nitrogens with two attached hydrogens (primary N) is 1. The lowest BCUT2D eigenvalue weighted by molar-refractivity contribution is 0.0961. The highest BCUT2D eigenvalue weighted by atomic mass is 79.9. The Hall–Kier alpha value is -3.04. The summed E-state index contributed by atoms with van der Waals surface area (Å²) >= 11 is 9.38. The number of halogens is 2. The molecule has 0 spiro atoms. The number of hydrazine groups is 1. The summed E-state index contributed by atoms with van der Waals surface area (Å²) in [7, 11) is 1.54. The van der Waals surface area contributed by atoms with Crippen molar-refractivity contribution in [3.8, 4) is 5.75 Å². The first-order valence-electron chi connectivity index (χ1n) is 8.01. The molecule has 0 radical (unpaired) electrons. The number of hydrogen-bond acceptors (Lipinski definition) is 7. The molecular formula is C18H16BrClN6O2. The molecule has 0 aliphatic rings. The number of carbonyl (C=O) groups excluding carboxylic acids is 1. The van der Waals surface area contributed by atoms with Crippen LogP contribution in [0.4, 0.5) is 23.0 Å². The smallest absolute Gasteiger partial charge is 0.270 e. The molecule has 3 aromatic rings. The Morgan fingerprint density at radius 1 is 1.18 bits per heavy atom. The van der Waals surface area contributed by atoms with E-state index in [-0.39, 0.29) is 17.4 Å². The van der Waals surface area contributed by atoms with Crippen LogP contribution in [0.25, 0.3) is 0 Å². The first kappa shape index (κ1) is 19.7. The van der Waals surface area contributed by atoms with E-state index in [9.17, 15) is 4.79 Å². The molecule has 8 nitrogen and oxygen atoms in total. The third-order valence-corrected chi connectivity index (χ3v) is 4.64. The fourth-order valence-electron chi connectivity index (χ4n) is 2.33. The molecular weight excluding hydrogens is 448 g/mol. The molecule has 0 atom stereocenters. The summed E-state index contributed by atoms with van der Waals surface area (Å²) in [6.07, 6.45) is 1.31. The van der Waals surface area contributed by atoms with E-state index in [1.807, 2.05) is 6.07 Å². The van der Waals surface area contributed by atoms with Gasteiger partial charge in [0, 0.05) is 9.50 Å². The van der Waals surface area contributed by atoms with Crippen LogP contribution in [0, 0.1) is 0 Å². The number of aromatic nitrogens is 2. The Morgan fingerprint density at radius 3 is 2.68 bits per heavy atom. The predicted molar refractivity (Wildman–Crippen MR) is 113 cm³/mol. The van der Waals surface area contributed by atoms with Crippen LogP contribution < -0.4 is 26.6 Å². The fraction of sp³-hybridized carbons (Fsp3) is 0.0556. The van der Waals surface area contributed by atoms with Gasteiger partial charge in [-0.25, -0.2) is 9.97 Å². The molecule has 3 rings (SSSR count). The van der Waals surface area contributed by atoms with Gasteiger partial charge in [0.1, 0.15) is 17.8 Å². The van der Waals surface area contributed by atoms with Gasteiger partial charge in [-0.1, -0.05) is 23.7 Å². The molecule has 0 unspecified atom stereocenters. The lowest BCUT2D eigenvalue weighted by atomic mass is 10.2. The van der Waals surface area contributed by atoms with Gasteiger partial charge in [0.15, 0.2) is 11.6 Å². The summed E-state index contributed by atoms with van der Waals surface area (Å²) in [5, 5.41) is 3.58. The number of rotatable bonds is 6.